The maximum Gasteiger partial charge on any atom is 0.253 e. The molecule has 0 bridgehead atoms. The van der Waals surface area contributed by atoms with Gasteiger partial charge in [-0.1, -0.05) is 53.6 Å². The minimum Gasteiger partial charge on any atom is -0.345 e. The van der Waals surface area contributed by atoms with Crippen LogP contribution in [0.3, 0.4) is 0 Å². The Labute approximate surface area is 202 Å². The number of piperidine rings is 1. The molecule has 1 aliphatic heterocycles. The molecular weight excluding hydrogens is 462 g/mol. The summed E-state index contributed by atoms with van der Waals surface area (Å²) >= 11 is 3.65. The number of hydrogen-bond acceptors (Lipinski definition) is 3. The van der Waals surface area contributed by atoms with E-state index in [0.29, 0.717) is 12.0 Å². The molecule has 2 aromatic rings. The van der Waals surface area contributed by atoms with E-state index in [2.05, 4.69) is 64.8 Å². The van der Waals surface area contributed by atoms with Crippen LogP contribution in [0.5, 0.6) is 0 Å². The number of aromatic nitrogens is 1. The van der Waals surface area contributed by atoms with E-state index in [-0.39, 0.29) is 5.91 Å². The first-order valence-corrected chi connectivity index (χ1v) is 12.4. The number of halogens is 1. The van der Waals surface area contributed by atoms with Crippen LogP contribution in [0.2, 0.25) is 0 Å². The highest BCUT2D eigenvalue weighted by atomic mass is 79.9. The fourth-order valence-corrected chi connectivity index (χ4v) is 4.65. The smallest absolute Gasteiger partial charge is 0.253 e. The van der Waals surface area contributed by atoms with Gasteiger partial charge in [0.2, 0.25) is 0 Å². The topological polar surface area (TPSA) is 36.4 Å². The molecule has 32 heavy (non-hydrogen) atoms. The largest absolute Gasteiger partial charge is 0.345 e. The summed E-state index contributed by atoms with van der Waals surface area (Å²) in [6.45, 7) is 12.7. The number of carbonyl (C=O) groups excluding carboxylic acids is 1. The molecule has 5 heteroatoms. The van der Waals surface area contributed by atoms with E-state index in [1.54, 1.807) is 19.0 Å². The molecule has 1 fully saturated rings. The first-order chi connectivity index (χ1) is 15.3. The normalized spacial score (nSPS) is 16.2. The molecule has 0 radical (unpaired) electrons. The highest BCUT2D eigenvalue weighted by Gasteiger charge is 2.24. The Morgan fingerprint density at radius 2 is 1.75 bits per heavy atom. The zero-order valence-electron chi connectivity index (χ0n) is 20.7. The van der Waals surface area contributed by atoms with Crippen LogP contribution in [0.25, 0.3) is 6.08 Å². The number of rotatable bonds is 5. The fraction of sp³-hybridized carbons (Fsp3) is 0.481. The van der Waals surface area contributed by atoms with Crippen molar-refractivity contribution in [2.75, 3.05) is 27.2 Å². The molecule has 1 atom stereocenters. The van der Waals surface area contributed by atoms with E-state index in [9.17, 15) is 4.79 Å². The number of aryl methyl sites for hydroxylation is 1. The highest BCUT2D eigenvalue weighted by Crippen LogP contribution is 2.31. The summed E-state index contributed by atoms with van der Waals surface area (Å²) in [5.41, 5.74) is 5.68. The average Bonchev–Trinajstić information content (AvgIpc) is 2.82. The van der Waals surface area contributed by atoms with Gasteiger partial charge >= 0.3 is 0 Å². The molecular formula is C27H38BrN3O. The van der Waals surface area contributed by atoms with Crippen molar-refractivity contribution in [2.24, 2.45) is 0 Å². The van der Waals surface area contributed by atoms with Crippen LogP contribution >= 0.6 is 15.9 Å². The molecule has 2 heterocycles. The molecule has 4 nitrogen and oxygen atoms in total. The van der Waals surface area contributed by atoms with E-state index in [4.69, 9.17) is 0 Å². The lowest BCUT2D eigenvalue weighted by atomic mass is 9.88. The molecule has 1 aromatic carbocycles. The third kappa shape index (κ3) is 6.52. The molecule has 1 amide bonds. The Kier molecular flexibility index (Phi) is 10.1. The summed E-state index contributed by atoms with van der Waals surface area (Å²) < 4.78 is 1.09. The Hall–Kier alpha value is -1.98. The molecule has 1 saturated heterocycles. The van der Waals surface area contributed by atoms with Gasteiger partial charge in [0.15, 0.2) is 0 Å². The predicted molar refractivity (Wildman–Crippen MR) is 139 cm³/mol. The van der Waals surface area contributed by atoms with E-state index in [0.717, 1.165) is 41.7 Å². The van der Waals surface area contributed by atoms with Crippen molar-refractivity contribution in [1.29, 1.82) is 0 Å². The van der Waals surface area contributed by atoms with E-state index < -0.39 is 0 Å². The van der Waals surface area contributed by atoms with Gasteiger partial charge in [0.05, 0.1) is 0 Å². The number of likely N-dealkylation sites (tertiary alicyclic amines) is 1. The lowest BCUT2D eigenvalue weighted by molar-refractivity contribution is 0.0827. The van der Waals surface area contributed by atoms with Gasteiger partial charge in [-0.3, -0.25) is 14.7 Å². The first-order valence-electron chi connectivity index (χ1n) is 11.6. The molecule has 1 aliphatic rings. The summed E-state index contributed by atoms with van der Waals surface area (Å²) in [4.78, 5) is 20.7. The Morgan fingerprint density at radius 1 is 1.16 bits per heavy atom. The van der Waals surface area contributed by atoms with Crippen LogP contribution in [0.15, 0.2) is 46.6 Å². The second kappa shape index (κ2) is 12.3. The van der Waals surface area contributed by atoms with Crippen LogP contribution in [-0.2, 0) is 0 Å². The summed E-state index contributed by atoms with van der Waals surface area (Å²) in [6.07, 6.45) is 6.40. The number of nitrogens with zero attached hydrogens (tertiary/aromatic N) is 3. The SMILES string of the molecule is C/C(=C\c1c(Br)ccnc1C)C(C)N1CCC(c2ccc(C(=O)N(C)C)cc2)CC1.CC. The minimum absolute atomic E-state index is 0.0583. The van der Waals surface area contributed by atoms with Crippen molar-refractivity contribution in [3.05, 3.63) is 69.0 Å². The van der Waals surface area contributed by atoms with Gasteiger partial charge in [0, 0.05) is 47.6 Å². The van der Waals surface area contributed by atoms with Gasteiger partial charge < -0.3 is 4.90 Å². The first kappa shape index (κ1) is 26.3. The predicted octanol–water partition coefficient (Wildman–Crippen LogP) is 6.55. The van der Waals surface area contributed by atoms with Crippen molar-refractivity contribution in [3.63, 3.8) is 0 Å². The quantitative estimate of drug-likeness (QED) is 0.467. The van der Waals surface area contributed by atoms with Crippen LogP contribution in [0, 0.1) is 6.92 Å². The average molecular weight is 501 g/mol. The Morgan fingerprint density at radius 3 is 2.28 bits per heavy atom. The minimum atomic E-state index is 0.0583. The zero-order valence-corrected chi connectivity index (χ0v) is 22.2. The molecule has 174 valence electrons. The maximum absolute atomic E-state index is 12.1. The summed E-state index contributed by atoms with van der Waals surface area (Å²) in [5, 5.41) is 0. The van der Waals surface area contributed by atoms with Crippen LogP contribution in [0.1, 0.15) is 73.6 Å². The Bertz CT molecular complexity index is 893. The second-order valence-corrected chi connectivity index (χ2v) is 9.34. The number of benzene rings is 1. The van der Waals surface area contributed by atoms with Crippen molar-refractivity contribution >= 4 is 27.9 Å². The molecule has 0 saturated carbocycles. The molecule has 1 aromatic heterocycles. The molecule has 3 rings (SSSR count). The van der Waals surface area contributed by atoms with Crippen molar-refractivity contribution in [1.82, 2.24) is 14.8 Å². The Balaban J connectivity index is 0.00000176. The zero-order chi connectivity index (χ0) is 23.8. The number of pyridine rings is 1. The number of amides is 1. The summed E-state index contributed by atoms with van der Waals surface area (Å²) in [6, 6.07) is 10.6. The fourth-order valence-electron chi connectivity index (χ4n) is 4.13. The van der Waals surface area contributed by atoms with E-state index >= 15 is 0 Å². The van der Waals surface area contributed by atoms with Crippen LogP contribution < -0.4 is 0 Å². The van der Waals surface area contributed by atoms with Gasteiger partial charge in [-0.25, -0.2) is 0 Å². The van der Waals surface area contributed by atoms with E-state index in [1.807, 2.05) is 38.2 Å². The van der Waals surface area contributed by atoms with Gasteiger partial charge in [0.1, 0.15) is 0 Å². The third-order valence-electron chi connectivity index (χ3n) is 6.28. The maximum atomic E-state index is 12.1. The lowest BCUT2D eigenvalue weighted by Gasteiger charge is -2.37. The standard InChI is InChI=1S/C25H32BrN3O.C2H6/c1-17(16-23-18(2)27-13-10-24(23)26)19(3)29-14-11-21(12-15-29)20-6-8-22(9-7-20)25(30)28(4)5;1-2/h6-10,13,16,19,21H,11-12,14-15H2,1-5H3;1-2H3/b17-16+;. The number of hydrogen-bond donors (Lipinski definition) is 0. The van der Waals surface area contributed by atoms with Crippen molar-refractivity contribution in [3.8, 4) is 0 Å². The molecule has 0 spiro atoms. The summed E-state index contributed by atoms with van der Waals surface area (Å²) in [7, 11) is 3.58. The monoisotopic (exact) mass is 499 g/mol. The highest BCUT2D eigenvalue weighted by molar-refractivity contribution is 9.10. The van der Waals surface area contributed by atoms with Crippen molar-refractivity contribution in [2.45, 2.75) is 59.4 Å². The van der Waals surface area contributed by atoms with Gasteiger partial charge in [-0.05, 0) is 76.4 Å². The second-order valence-electron chi connectivity index (χ2n) is 8.49. The van der Waals surface area contributed by atoms with Gasteiger partial charge in [-0.15, -0.1) is 0 Å². The lowest BCUT2D eigenvalue weighted by Crippen LogP contribution is -2.40. The summed E-state index contributed by atoms with van der Waals surface area (Å²) in [5.74, 6) is 0.624. The molecule has 1 unspecified atom stereocenters. The number of carbonyl (C=O) groups is 1. The van der Waals surface area contributed by atoms with Crippen molar-refractivity contribution < 1.29 is 4.79 Å². The molecule has 0 aliphatic carbocycles. The third-order valence-corrected chi connectivity index (χ3v) is 6.97. The van der Waals surface area contributed by atoms with Gasteiger partial charge in [0.25, 0.3) is 5.91 Å². The molecule has 0 N–H and O–H groups in total. The van der Waals surface area contributed by atoms with Crippen LogP contribution in [-0.4, -0.2) is 53.9 Å². The van der Waals surface area contributed by atoms with E-state index in [1.165, 1.54) is 16.7 Å². The van der Waals surface area contributed by atoms with Crippen LogP contribution in [0.4, 0.5) is 0 Å². The van der Waals surface area contributed by atoms with Gasteiger partial charge in [-0.2, -0.15) is 0 Å².